The molecule has 1 heterocycles. The van der Waals surface area contributed by atoms with E-state index in [9.17, 15) is 9.18 Å². The second-order valence-electron chi connectivity index (χ2n) is 10.0. The van der Waals surface area contributed by atoms with Gasteiger partial charge in [-0.25, -0.2) is 4.39 Å². The maximum Gasteiger partial charge on any atom is 0.255 e. The third kappa shape index (κ3) is 5.28. The molecule has 202 valence electrons. The van der Waals surface area contributed by atoms with Crippen LogP contribution in [0.2, 0.25) is 0 Å². The molecule has 5 aromatic carbocycles. The zero-order chi connectivity index (χ0) is 28.3. The topological polar surface area (TPSA) is 54.3 Å². The Balaban J connectivity index is 1.35. The van der Waals surface area contributed by atoms with E-state index in [2.05, 4.69) is 23.6 Å². The van der Waals surface area contributed by atoms with Crippen molar-refractivity contribution in [2.75, 3.05) is 12.4 Å². The van der Waals surface area contributed by atoms with Crippen molar-refractivity contribution in [3.63, 3.8) is 0 Å². The number of hydrogen-bond donors (Lipinski definition) is 2. The van der Waals surface area contributed by atoms with Crippen molar-refractivity contribution in [2.24, 2.45) is 0 Å². The number of halogens is 1. The number of amides is 1. The van der Waals surface area contributed by atoms with E-state index in [1.54, 1.807) is 12.1 Å². The lowest BCUT2D eigenvalue weighted by molar-refractivity contribution is 0.102. The summed E-state index contributed by atoms with van der Waals surface area (Å²) in [5, 5.41) is 7.39. The molecule has 0 saturated heterocycles. The number of carbonyl (C=O) groups excluding carboxylic acids is 1. The number of benzene rings is 5. The van der Waals surface area contributed by atoms with Gasteiger partial charge in [0.15, 0.2) is 0 Å². The largest absolute Gasteiger partial charge is 0.456 e. The lowest BCUT2D eigenvalue weighted by Crippen LogP contribution is -2.13. The summed E-state index contributed by atoms with van der Waals surface area (Å²) in [6.07, 6.45) is 0. The van der Waals surface area contributed by atoms with Crippen LogP contribution in [0.15, 0.2) is 126 Å². The summed E-state index contributed by atoms with van der Waals surface area (Å²) in [6.45, 7) is 2.07. The van der Waals surface area contributed by atoms with Gasteiger partial charge in [0.2, 0.25) is 0 Å². The molecule has 0 bridgehead atoms. The smallest absolute Gasteiger partial charge is 0.255 e. The van der Waals surface area contributed by atoms with E-state index < -0.39 is 0 Å². The van der Waals surface area contributed by atoms with Crippen LogP contribution in [0.4, 0.5) is 10.1 Å². The average Bonchev–Trinajstić information content (AvgIpc) is 3.40. The van der Waals surface area contributed by atoms with Crippen molar-refractivity contribution >= 4 is 22.6 Å². The third-order valence-corrected chi connectivity index (χ3v) is 7.42. The molecule has 1 amide bonds. The van der Waals surface area contributed by atoms with E-state index in [-0.39, 0.29) is 17.8 Å². The average molecular weight is 541 g/mol. The molecule has 0 saturated carbocycles. The van der Waals surface area contributed by atoms with Crippen molar-refractivity contribution in [2.45, 2.75) is 13.0 Å². The highest BCUT2D eigenvalue weighted by Gasteiger charge is 2.21. The zero-order valence-corrected chi connectivity index (χ0v) is 22.8. The summed E-state index contributed by atoms with van der Waals surface area (Å²) in [6, 6.07) is 37.8. The van der Waals surface area contributed by atoms with Crippen LogP contribution in [0, 0.1) is 5.82 Å². The number of furan rings is 1. The fourth-order valence-electron chi connectivity index (χ4n) is 5.18. The Hall–Kier alpha value is -5.00. The SMILES string of the molecule is CNC(C)c1c(-c2ccc(F)cc2)oc2ccc(-c3cccc(C(=O)Nc4ccccc4-c4ccccc4)c3)cc12. The zero-order valence-electron chi connectivity index (χ0n) is 22.8. The normalized spacial score (nSPS) is 11.9. The first-order valence-electron chi connectivity index (χ1n) is 13.6. The lowest BCUT2D eigenvalue weighted by Gasteiger charge is -2.13. The standard InChI is InChI=1S/C36H29FN2O2/c1-23(38-2)34-31-22-27(17-20-33(31)41-35(34)25-15-18-29(37)19-16-25)26-11-8-12-28(21-26)36(40)39-32-14-7-6-13-30(32)24-9-4-3-5-10-24/h3-23,38H,1-2H3,(H,39,40). The minimum Gasteiger partial charge on any atom is -0.456 e. The van der Waals surface area contributed by atoms with E-state index in [1.165, 1.54) is 12.1 Å². The summed E-state index contributed by atoms with van der Waals surface area (Å²) in [4.78, 5) is 13.4. The van der Waals surface area contributed by atoms with Gasteiger partial charge in [0.1, 0.15) is 17.2 Å². The summed E-state index contributed by atoms with van der Waals surface area (Å²) < 4.78 is 19.9. The predicted octanol–water partition coefficient (Wildman–Crippen LogP) is 9.11. The third-order valence-electron chi connectivity index (χ3n) is 7.42. The summed E-state index contributed by atoms with van der Waals surface area (Å²) in [7, 11) is 1.90. The number of fused-ring (bicyclic) bond motifs is 1. The van der Waals surface area contributed by atoms with Crippen LogP contribution in [-0.2, 0) is 0 Å². The number of rotatable bonds is 7. The minimum atomic E-state index is -0.289. The predicted molar refractivity (Wildman–Crippen MR) is 164 cm³/mol. The van der Waals surface area contributed by atoms with Crippen LogP contribution in [0.25, 0.3) is 44.5 Å². The van der Waals surface area contributed by atoms with Crippen molar-refractivity contribution < 1.29 is 13.6 Å². The minimum absolute atomic E-state index is 0.00616. The summed E-state index contributed by atoms with van der Waals surface area (Å²) >= 11 is 0. The quantitative estimate of drug-likeness (QED) is 0.212. The van der Waals surface area contributed by atoms with E-state index >= 15 is 0 Å². The molecular weight excluding hydrogens is 511 g/mol. The molecule has 4 nitrogen and oxygen atoms in total. The van der Waals surface area contributed by atoms with Crippen LogP contribution in [0.3, 0.4) is 0 Å². The second-order valence-corrected chi connectivity index (χ2v) is 10.0. The number of hydrogen-bond acceptors (Lipinski definition) is 3. The Kier molecular flexibility index (Phi) is 7.19. The van der Waals surface area contributed by atoms with Gasteiger partial charge in [-0.1, -0.05) is 66.7 Å². The van der Waals surface area contributed by atoms with Crippen LogP contribution in [0.1, 0.15) is 28.9 Å². The van der Waals surface area contributed by atoms with Gasteiger partial charge in [-0.15, -0.1) is 0 Å². The molecule has 0 aliphatic heterocycles. The van der Waals surface area contributed by atoms with Crippen LogP contribution in [-0.4, -0.2) is 13.0 Å². The molecule has 0 aliphatic rings. The van der Waals surface area contributed by atoms with Crippen LogP contribution >= 0.6 is 0 Å². The van der Waals surface area contributed by atoms with E-state index in [1.807, 2.05) is 98.0 Å². The fraction of sp³-hybridized carbons (Fsp3) is 0.0833. The Morgan fingerprint density at radius 3 is 2.20 bits per heavy atom. The van der Waals surface area contributed by atoms with Gasteiger partial charge in [-0.05, 0) is 85.3 Å². The number of para-hydroxylation sites is 1. The Morgan fingerprint density at radius 1 is 0.732 bits per heavy atom. The maximum atomic E-state index is 13.6. The molecule has 41 heavy (non-hydrogen) atoms. The highest BCUT2D eigenvalue weighted by atomic mass is 19.1. The lowest BCUT2D eigenvalue weighted by atomic mass is 9.96. The molecule has 5 heteroatoms. The highest BCUT2D eigenvalue weighted by molar-refractivity contribution is 6.07. The highest BCUT2D eigenvalue weighted by Crippen LogP contribution is 2.39. The molecule has 1 atom stereocenters. The first kappa shape index (κ1) is 26.2. The maximum absolute atomic E-state index is 13.6. The van der Waals surface area contributed by atoms with Gasteiger partial charge in [0.05, 0.1) is 0 Å². The first-order chi connectivity index (χ1) is 20.0. The fourth-order valence-corrected chi connectivity index (χ4v) is 5.18. The molecule has 6 rings (SSSR count). The van der Waals surface area contributed by atoms with Crippen molar-refractivity contribution in [3.8, 4) is 33.6 Å². The number of nitrogens with one attached hydrogen (secondary N) is 2. The van der Waals surface area contributed by atoms with Crippen molar-refractivity contribution in [1.82, 2.24) is 5.32 Å². The van der Waals surface area contributed by atoms with Crippen LogP contribution < -0.4 is 10.6 Å². The number of carbonyl (C=O) groups is 1. The Labute approximate surface area is 238 Å². The molecule has 0 spiro atoms. The second kappa shape index (κ2) is 11.2. The van der Waals surface area contributed by atoms with Gasteiger partial charge < -0.3 is 15.1 Å². The molecule has 2 N–H and O–H groups in total. The van der Waals surface area contributed by atoms with Crippen molar-refractivity contribution in [3.05, 3.63) is 138 Å². The van der Waals surface area contributed by atoms with E-state index in [0.29, 0.717) is 11.3 Å². The van der Waals surface area contributed by atoms with Gasteiger partial charge in [0.25, 0.3) is 5.91 Å². The molecule has 1 unspecified atom stereocenters. The molecule has 0 aliphatic carbocycles. The summed E-state index contributed by atoms with van der Waals surface area (Å²) in [5.74, 6) is 0.245. The molecule has 1 aromatic heterocycles. The number of anilines is 1. The van der Waals surface area contributed by atoms with Crippen LogP contribution in [0.5, 0.6) is 0 Å². The summed E-state index contributed by atoms with van der Waals surface area (Å²) in [5.41, 5.74) is 7.77. The monoisotopic (exact) mass is 540 g/mol. The van der Waals surface area contributed by atoms with Gasteiger partial charge in [0, 0.05) is 39.4 Å². The molecule has 6 aromatic rings. The van der Waals surface area contributed by atoms with E-state index in [4.69, 9.17) is 4.42 Å². The molecule has 0 fully saturated rings. The van der Waals surface area contributed by atoms with Crippen molar-refractivity contribution in [1.29, 1.82) is 0 Å². The Bertz CT molecular complexity index is 1840. The van der Waals surface area contributed by atoms with E-state index in [0.717, 1.165) is 50.0 Å². The van der Waals surface area contributed by atoms with Gasteiger partial charge in [-0.3, -0.25) is 4.79 Å². The van der Waals surface area contributed by atoms with Gasteiger partial charge >= 0.3 is 0 Å². The molecular formula is C36H29FN2O2. The molecule has 0 radical (unpaired) electrons. The Morgan fingerprint density at radius 2 is 1.41 bits per heavy atom. The van der Waals surface area contributed by atoms with Gasteiger partial charge in [-0.2, -0.15) is 0 Å². The first-order valence-corrected chi connectivity index (χ1v) is 13.6.